The summed E-state index contributed by atoms with van der Waals surface area (Å²) < 4.78 is 45.0. The Morgan fingerprint density at radius 3 is 2.55 bits per heavy atom. The zero-order valence-corrected chi connectivity index (χ0v) is 12.2. The highest BCUT2D eigenvalue weighted by atomic mass is 19.4. The van der Waals surface area contributed by atoms with E-state index in [2.05, 4.69) is 4.74 Å². The van der Waals surface area contributed by atoms with Crippen molar-refractivity contribution in [2.45, 2.75) is 19.2 Å². The third kappa shape index (κ3) is 4.91. The van der Waals surface area contributed by atoms with Gasteiger partial charge in [0.1, 0.15) is 5.75 Å². The lowest BCUT2D eigenvalue weighted by atomic mass is 9.98. The SMILES string of the molecule is COCCN1C[C@H](Cc2ccc(OC(F)(F)F)cc2)CC1=O. The predicted molar refractivity (Wildman–Crippen MR) is 73.4 cm³/mol. The van der Waals surface area contributed by atoms with Crippen LogP contribution in [0.25, 0.3) is 0 Å². The molecule has 0 aliphatic carbocycles. The molecule has 4 nitrogen and oxygen atoms in total. The molecule has 0 saturated carbocycles. The lowest BCUT2D eigenvalue weighted by molar-refractivity contribution is -0.274. The molecule has 1 heterocycles. The van der Waals surface area contributed by atoms with Crippen molar-refractivity contribution >= 4 is 5.91 Å². The maximum Gasteiger partial charge on any atom is 0.573 e. The summed E-state index contributed by atoms with van der Waals surface area (Å²) >= 11 is 0. The second kappa shape index (κ2) is 7.00. The molecule has 1 fully saturated rings. The molecule has 1 amide bonds. The van der Waals surface area contributed by atoms with Gasteiger partial charge in [0.25, 0.3) is 0 Å². The van der Waals surface area contributed by atoms with Gasteiger partial charge >= 0.3 is 6.36 Å². The molecule has 0 aromatic heterocycles. The molecular weight excluding hydrogens is 299 g/mol. The molecule has 0 spiro atoms. The lowest BCUT2D eigenvalue weighted by Gasteiger charge is -2.16. The van der Waals surface area contributed by atoms with Crippen molar-refractivity contribution in [3.63, 3.8) is 0 Å². The summed E-state index contributed by atoms with van der Waals surface area (Å²) in [6.45, 7) is 1.73. The molecule has 22 heavy (non-hydrogen) atoms. The van der Waals surface area contributed by atoms with Gasteiger partial charge in [-0.3, -0.25) is 4.79 Å². The number of rotatable bonds is 6. The summed E-state index contributed by atoms with van der Waals surface area (Å²) in [6, 6.07) is 5.79. The Balaban J connectivity index is 1.88. The Bertz CT molecular complexity index is 502. The van der Waals surface area contributed by atoms with E-state index in [-0.39, 0.29) is 17.6 Å². The lowest BCUT2D eigenvalue weighted by Crippen LogP contribution is -2.28. The van der Waals surface area contributed by atoms with Gasteiger partial charge in [0, 0.05) is 26.6 Å². The molecular formula is C15H18F3NO3. The zero-order valence-electron chi connectivity index (χ0n) is 12.2. The Kier molecular flexibility index (Phi) is 5.28. The van der Waals surface area contributed by atoms with Crippen molar-refractivity contribution in [2.24, 2.45) is 5.92 Å². The summed E-state index contributed by atoms with van der Waals surface area (Å²) in [6.07, 6.45) is -3.56. The van der Waals surface area contributed by atoms with Gasteiger partial charge in [-0.05, 0) is 30.0 Å². The maximum absolute atomic E-state index is 12.1. The highest BCUT2D eigenvalue weighted by molar-refractivity contribution is 5.78. The number of benzene rings is 1. The second-order valence-electron chi connectivity index (χ2n) is 5.30. The van der Waals surface area contributed by atoms with E-state index in [0.717, 1.165) is 5.56 Å². The maximum atomic E-state index is 12.1. The number of likely N-dealkylation sites (tertiary alicyclic amines) is 1. The van der Waals surface area contributed by atoms with Gasteiger partial charge in [0.2, 0.25) is 5.91 Å². The van der Waals surface area contributed by atoms with Crippen LogP contribution in [-0.4, -0.2) is 44.0 Å². The van der Waals surface area contributed by atoms with Crippen LogP contribution in [-0.2, 0) is 16.0 Å². The van der Waals surface area contributed by atoms with E-state index in [1.165, 1.54) is 12.1 Å². The summed E-state index contributed by atoms with van der Waals surface area (Å²) in [4.78, 5) is 13.6. The minimum atomic E-state index is -4.68. The summed E-state index contributed by atoms with van der Waals surface area (Å²) in [5.41, 5.74) is 0.890. The van der Waals surface area contributed by atoms with Crippen molar-refractivity contribution in [1.29, 1.82) is 0 Å². The van der Waals surface area contributed by atoms with E-state index in [1.807, 2.05) is 0 Å². The molecule has 1 atom stereocenters. The topological polar surface area (TPSA) is 38.8 Å². The third-order valence-corrected chi connectivity index (χ3v) is 3.54. The first kappa shape index (κ1) is 16.6. The number of methoxy groups -OCH3 is 1. The molecule has 0 radical (unpaired) electrons. The Hall–Kier alpha value is -1.76. The van der Waals surface area contributed by atoms with Crippen molar-refractivity contribution in [2.75, 3.05) is 26.8 Å². The van der Waals surface area contributed by atoms with E-state index in [0.29, 0.717) is 32.5 Å². The number of hydrogen-bond acceptors (Lipinski definition) is 3. The predicted octanol–water partition coefficient (Wildman–Crippen LogP) is 2.62. The minimum Gasteiger partial charge on any atom is -0.406 e. The van der Waals surface area contributed by atoms with Gasteiger partial charge in [-0.15, -0.1) is 13.2 Å². The number of alkyl halides is 3. The van der Waals surface area contributed by atoms with E-state index >= 15 is 0 Å². The highest BCUT2D eigenvalue weighted by Gasteiger charge is 2.31. The number of amides is 1. The van der Waals surface area contributed by atoms with Crippen molar-refractivity contribution in [3.05, 3.63) is 29.8 Å². The highest BCUT2D eigenvalue weighted by Crippen LogP contribution is 2.25. The minimum absolute atomic E-state index is 0.0964. The molecule has 7 heteroatoms. The summed E-state index contributed by atoms with van der Waals surface area (Å²) in [5.74, 6) is 0.0401. The fourth-order valence-electron chi connectivity index (χ4n) is 2.57. The fourth-order valence-corrected chi connectivity index (χ4v) is 2.57. The number of carbonyl (C=O) groups is 1. The molecule has 0 bridgehead atoms. The monoisotopic (exact) mass is 317 g/mol. The first-order valence-corrected chi connectivity index (χ1v) is 6.99. The number of hydrogen-bond donors (Lipinski definition) is 0. The summed E-state index contributed by atoms with van der Waals surface area (Å²) in [5, 5.41) is 0. The van der Waals surface area contributed by atoms with E-state index in [4.69, 9.17) is 4.74 Å². The van der Waals surface area contributed by atoms with Crippen LogP contribution < -0.4 is 4.74 Å². The molecule has 1 aromatic rings. The second-order valence-corrected chi connectivity index (χ2v) is 5.30. The van der Waals surface area contributed by atoms with Crippen LogP contribution in [0.3, 0.4) is 0 Å². The van der Waals surface area contributed by atoms with Crippen LogP contribution in [0.1, 0.15) is 12.0 Å². The molecule has 1 aliphatic rings. The fraction of sp³-hybridized carbons (Fsp3) is 0.533. The van der Waals surface area contributed by atoms with Crippen LogP contribution in [0.2, 0.25) is 0 Å². The number of carbonyl (C=O) groups excluding carboxylic acids is 1. The van der Waals surface area contributed by atoms with Crippen LogP contribution in [0.5, 0.6) is 5.75 Å². The smallest absolute Gasteiger partial charge is 0.406 e. The van der Waals surface area contributed by atoms with Crippen LogP contribution in [0, 0.1) is 5.92 Å². The number of ether oxygens (including phenoxy) is 2. The number of halogens is 3. The van der Waals surface area contributed by atoms with E-state index in [9.17, 15) is 18.0 Å². The molecule has 1 saturated heterocycles. The van der Waals surface area contributed by atoms with Gasteiger partial charge in [0.15, 0.2) is 0 Å². The van der Waals surface area contributed by atoms with Gasteiger partial charge in [-0.1, -0.05) is 12.1 Å². The van der Waals surface area contributed by atoms with Crippen molar-refractivity contribution in [3.8, 4) is 5.75 Å². The molecule has 122 valence electrons. The average Bonchev–Trinajstić information content (AvgIpc) is 2.77. The van der Waals surface area contributed by atoms with Gasteiger partial charge in [0.05, 0.1) is 6.61 Å². The first-order valence-electron chi connectivity index (χ1n) is 6.99. The molecule has 0 unspecified atom stereocenters. The van der Waals surface area contributed by atoms with Gasteiger partial charge in [-0.2, -0.15) is 0 Å². The van der Waals surface area contributed by atoms with Crippen LogP contribution >= 0.6 is 0 Å². The molecule has 2 rings (SSSR count). The first-order chi connectivity index (χ1) is 10.4. The average molecular weight is 317 g/mol. The quantitative estimate of drug-likeness (QED) is 0.809. The van der Waals surface area contributed by atoms with E-state index < -0.39 is 6.36 Å². The third-order valence-electron chi connectivity index (χ3n) is 3.54. The normalized spacial score (nSPS) is 18.8. The van der Waals surface area contributed by atoms with Crippen LogP contribution in [0.15, 0.2) is 24.3 Å². The Morgan fingerprint density at radius 1 is 1.27 bits per heavy atom. The Labute approximate surface area is 126 Å². The molecule has 1 aromatic carbocycles. The zero-order chi connectivity index (χ0) is 16.2. The van der Waals surface area contributed by atoms with Gasteiger partial charge < -0.3 is 14.4 Å². The Morgan fingerprint density at radius 2 is 1.95 bits per heavy atom. The van der Waals surface area contributed by atoms with Crippen LogP contribution in [0.4, 0.5) is 13.2 Å². The van der Waals surface area contributed by atoms with E-state index in [1.54, 1.807) is 24.1 Å². The number of nitrogens with zero attached hydrogens (tertiary/aromatic N) is 1. The molecule has 1 aliphatic heterocycles. The van der Waals surface area contributed by atoms with Crippen molar-refractivity contribution in [1.82, 2.24) is 4.90 Å². The standard InChI is InChI=1S/C15H18F3NO3/c1-21-7-6-19-10-12(9-14(19)20)8-11-2-4-13(5-3-11)22-15(16,17)18/h2-5,12H,6-10H2,1H3/t12-/m1/s1. The van der Waals surface area contributed by atoms with Gasteiger partial charge in [-0.25, -0.2) is 0 Å². The summed E-state index contributed by atoms with van der Waals surface area (Å²) in [7, 11) is 1.59. The van der Waals surface area contributed by atoms with Crippen molar-refractivity contribution < 1.29 is 27.4 Å². The largest absolute Gasteiger partial charge is 0.573 e. The molecule has 0 N–H and O–H groups in total.